The smallest absolute Gasteiger partial charge is 0.256 e. The molecule has 0 spiro atoms. The number of amides is 1. The molecular weight excluding hydrogens is 280 g/mol. The van der Waals surface area contributed by atoms with Crippen LogP contribution in [0.4, 0.5) is 5.69 Å². The van der Waals surface area contributed by atoms with E-state index in [2.05, 4.69) is 15.6 Å². The van der Waals surface area contributed by atoms with Gasteiger partial charge in [0.2, 0.25) is 0 Å². The number of hydrogen-bond donors (Lipinski definition) is 2. The number of nitrogens with zero attached hydrogens (tertiary/aromatic N) is 4. The highest BCUT2D eigenvalue weighted by atomic mass is 35.5. The van der Waals surface area contributed by atoms with Crippen LogP contribution in [0.15, 0.2) is 24.5 Å². The molecule has 0 aliphatic carbocycles. The highest BCUT2D eigenvalue weighted by molar-refractivity contribution is 6.31. The van der Waals surface area contributed by atoms with Gasteiger partial charge in [0, 0.05) is 18.1 Å². The topological polar surface area (TPSA) is 89.1 Å². The maximum Gasteiger partial charge on any atom is 0.256 e. The van der Waals surface area contributed by atoms with Crippen molar-refractivity contribution >= 4 is 23.2 Å². The summed E-state index contributed by atoms with van der Waals surface area (Å²) in [5.41, 5.74) is 3.52. The van der Waals surface area contributed by atoms with Crippen molar-refractivity contribution in [3.05, 3.63) is 40.9 Å². The predicted octanol–water partition coefficient (Wildman–Crippen LogP) is 0.873. The number of fused-ring (bicyclic) bond motifs is 1. The number of nitrogens with one attached hydrogen (secondary N) is 1. The van der Waals surface area contributed by atoms with Crippen LogP contribution in [0.2, 0.25) is 5.02 Å². The fraction of sp³-hybridized carbons (Fsp3) is 0.250. The van der Waals surface area contributed by atoms with Crippen molar-refractivity contribution in [3.63, 3.8) is 0 Å². The van der Waals surface area contributed by atoms with Gasteiger partial charge < -0.3 is 14.9 Å². The fourth-order valence-corrected chi connectivity index (χ4v) is 2.40. The molecule has 1 aromatic heterocycles. The summed E-state index contributed by atoms with van der Waals surface area (Å²) in [4.78, 5) is 14.3. The van der Waals surface area contributed by atoms with Crippen molar-refractivity contribution in [2.75, 3.05) is 12.0 Å². The van der Waals surface area contributed by atoms with E-state index in [0.29, 0.717) is 35.9 Å². The molecule has 2 aromatic rings. The Labute approximate surface area is 120 Å². The van der Waals surface area contributed by atoms with E-state index in [1.807, 2.05) is 4.57 Å². The molecule has 2 heterocycles. The van der Waals surface area contributed by atoms with Crippen molar-refractivity contribution < 1.29 is 4.79 Å². The van der Waals surface area contributed by atoms with Gasteiger partial charge in [-0.25, -0.2) is 0 Å². The maximum absolute atomic E-state index is 12.6. The summed E-state index contributed by atoms with van der Waals surface area (Å²) in [7, 11) is 0. The molecule has 7 nitrogen and oxygen atoms in total. The first-order chi connectivity index (χ1) is 9.69. The first-order valence-corrected chi connectivity index (χ1v) is 6.49. The van der Waals surface area contributed by atoms with Crippen LogP contribution in [0.25, 0.3) is 0 Å². The summed E-state index contributed by atoms with van der Waals surface area (Å²) in [6, 6.07) is 4.97. The van der Waals surface area contributed by atoms with Crippen LogP contribution in [-0.4, -0.2) is 32.1 Å². The van der Waals surface area contributed by atoms with E-state index in [1.165, 1.54) is 0 Å². The van der Waals surface area contributed by atoms with E-state index in [4.69, 9.17) is 17.4 Å². The van der Waals surface area contributed by atoms with Gasteiger partial charge in [-0.2, -0.15) is 0 Å². The van der Waals surface area contributed by atoms with Gasteiger partial charge >= 0.3 is 0 Å². The number of rotatable bonds is 2. The second-order valence-corrected chi connectivity index (χ2v) is 4.94. The number of anilines is 1. The first-order valence-electron chi connectivity index (χ1n) is 6.11. The molecule has 0 saturated carbocycles. The third-order valence-electron chi connectivity index (χ3n) is 3.29. The molecule has 0 saturated heterocycles. The zero-order valence-corrected chi connectivity index (χ0v) is 11.3. The van der Waals surface area contributed by atoms with Crippen molar-refractivity contribution in [2.24, 2.45) is 5.84 Å². The minimum absolute atomic E-state index is 0.130. The minimum atomic E-state index is -0.130. The molecule has 1 amide bonds. The number of benzene rings is 1. The van der Waals surface area contributed by atoms with Crippen molar-refractivity contribution in [1.82, 2.24) is 19.7 Å². The van der Waals surface area contributed by atoms with E-state index >= 15 is 0 Å². The van der Waals surface area contributed by atoms with E-state index in [-0.39, 0.29) is 5.91 Å². The second-order valence-electron chi connectivity index (χ2n) is 4.50. The number of hydrogen-bond acceptors (Lipinski definition) is 5. The Morgan fingerprint density at radius 1 is 1.40 bits per heavy atom. The Morgan fingerprint density at radius 3 is 3.05 bits per heavy atom. The molecule has 20 heavy (non-hydrogen) atoms. The van der Waals surface area contributed by atoms with Gasteiger partial charge in [-0.05, 0) is 18.2 Å². The summed E-state index contributed by atoms with van der Waals surface area (Å²) >= 11 is 5.95. The average molecular weight is 293 g/mol. The number of halogens is 1. The van der Waals surface area contributed by atoms with E-state index in [1.54, 1.807) is 29.4 Å². The SMILES string of the molecule is NNc1ccc(Cl)cc1C(=O)N1CCn2cnnc2C1. The van der Waals surface area contributed by atoms with Crippen LogP contribution in [0.1, 0.15) is 16.2 Å². The third-order valence-corrected chi connectivity index (χ3v) is 3.53. The van der Waals surface area contributed by atoms with Gasteiger partial charge in [-0.15, -0.1) is 10.2 Å². The summed E-state index contributed by atoms with van der Waals surface area (Å²) in [5, 5.41) is 8.33. The Morgan fingerprint density at radius 2 is 2.25 bits per heavy atom. The van der Waals surface area contributed by atoms with Crippen LogP contribution in [-0.2, 0) is 13.1 Å². The van der Waals surface area contributed by atoms with E-state index < -0.39 is 0 Å². The van der Waals surface area contributed by atoms with Crippen molar-refractivity contribution in [1.29, 1.82) is 0 Å². The van der Waals surface area contributed by atoms with Crippen LogP contribution < -0.4 is 11.3 Å². The quantitative estimate of drug-likeness (QED) is 0.633. The lowest BCUT2D eigenvalue weighted by atomic mass is 10.1. The minimum Gasteiger partial charge on any atom is -0.329 e. The molecule has 8 heteroatoms. The van der Waals surface area contributed by atoms with Gasteiger partial charge in [0.15, 0.2) is 5.82 Å². The van der Waals surface area contributed by atoms with Gasteiger partial charge in [0.05, 0.1) is 17.8 Å². The molecule has 0 fully saturated rings. The predicted molar refractivity (Wildman–Crippen MR) is 74.0 cm³/mol. The lowest BCUT2D eigenvalue weighted by Gasteiger charge is -2.27. The number of nitrogens with two attached hydrogens (primary N) is 1. The molecule has 0 unspecified atom stereocenters. The molecule has 0 bridgehead atoms. The van der Waals surface area contributed by atoms with Gasteiger partial charge in [-0.1, -0.05) is 11.6 Å². The first kappa shape index (κ1) is 12.9. The molecule has 1 aromatic carbocycles. The number of hydrazine groups is 1. The van der Waals surface area contributed by atoms with Crippen LogP contribution in [0.3, 0.4) is 0 Å². The zero-order valence-electron chi connectivity index (χ0n) is 10.6. The Hall–Kier alpha value is -2.12. The second kappa shape index (κ2) is 5.10. The van der Waals surface area contributed by atoms with Crippen LogP contribution in [0.5, 0.6) is 0 Å². The standard InChI is InChI=1S/C12H13ClN6O/c13-8-1-2-10(16-14)9(5-8)12(20)18-3-4-19-7-15-17-11(19)6-18/h1-2,5,7,16H,3-4,6,14H2. The molecule has 1 aliphatic rings. The molecule has 0 atom stereocenters. The summed E-state index contributed by atoms with van der Waals surface area (Å²) in [5.74, 6) is 6.08. The highest BCUT2D eigenvalue weighted by Crippen LogP contribution is 2.23. The van der Waals surface area contributed by atoms with Crippen LogP contribution >= 0.6 is 11.6 Å². The molecule has 1 aliphatic heterocycles. The maximum atomic E-state index is 12.6. The van der Waals surface area contributed by atoms with Gasteiger partial charge in [0.1, 0.15) is 6.33 Å². The molecule has 3 rings (SSSR count). The normalized spacial score (nSPS) is 14.0. The summed E-state index contributed by atoms with van der Waals surface area (Å²) in [6.45, 7) is 1.70. The number of nitrogen functional groups attached to an aromatic ring is 1. The lowest BCUT2D eigenvalue weighted by molar-refractivity contribution is 0.0708. The fourth-order valence-electron chi connectivity index (χ4n) is 2.23. The average Bonchev–Trinajstić information content (AvgIpc) is 2.93. The third kappa shape index (κ3) is 2.21. The Kier molecular flexibility index (Phi) is 3.29. The molecular formula is C12H13ClN6O. The molecule has 0 radical (unpaired) electrons. The number of carbonyl (C=O) groups is 1. The lowest BCUT2D eigenvalue weighted by Crippen LogP contribution is -2.38. The van der Waals surface area contributed by atoms with E-state index in [9.17, 15) is 4.79 Å². The largest absolute Gasteiger partial charge is 0.329 e. The monoisotopic (exact) mass is 292 g/mol. The zero-order chi connectivity index (χ0) is 14.1. The number of carbonyl (C=O) groups excluding carboxylic acids is 1. The van der Waals surface area contributed by atoms with Crippen molar-refractivity contribution in [3.8, 4) is 0 Å². The molecule has 104 valence electrons. The van der Waals surface area contributed by atoms with Crippen molar-refractivity contribution in [2.45, 2.75) is 13.1 Å². The van der Waals surface area contributed by atoms with E-state index in [0.717, 1.165) is 5.82 Å². The Bertz CT molecular complexity index is 655. The molecule has 3 N–H and O–H groups in total. The van der Waals surface area contributed by atoms with Gasteiger partial charge in [0.25, 0.3) is 5.91 Å². The van der Waals surface area contributed by atoms with Crippen LogP contribution in [0, 0.1) is 0 Å². The summed E-state index contributed by atoms with van der Waals surface area (Å²) < 4.78 is 1.93. The summed E-state index contributed by atoms with van der Waals surface area (Å²) in [6.07, 6.45) is 1.67. The van der Waals surface area contributed by atoms with Gasteiger partial charge in [-0.3, -0.25) is 10.6 Å². The Balaban J connectivity index is 1.88. The highest BCUT2D eigenvalue weighted by Gasteiger charge is 2.24. The number of aromatic nitrogens is 3.